The molecule has 1 saturated heterocycles. The Morgan fingerprint density at radius 3 is 2.61 bits per heavy atom. The second-order valence-electron chi connectivity index (χ2n) is 6.13. The number of carbonyl (C=O) groups is 1. The fourth-order valence-electron chi connectivity index (χ4n) is 3.34. The van der Waals surface area contributed by atoms with Gasteiger partial charge in [0, 0.05) is 12.6 Å². The monoisotopic (exact) mass is 252 g/mol. The molecule has 2 rings (SSSR count). The van der Waals surface area contributed by atoms with Crippen LogP contribution in [0, 0.1) is 5.92 Å². The highest BCUT2D eigenvalue weighted by molar-refractivity contribution is 5.81. The van der Waals surface area contributed by atoms with Crippen LogP contribution in [0.3, 0.4) is 0 Å². The molecule has 0 spiro atoms. The van der Waals surface area contributed by atoms with E-state index in [-0.39, 0.29) is 11.9 Å². The number of piperidine rings is 1. The van der Waals surface area contributed by atoms with E-state index in [1.165, 1.54) is 51.4 Å². The van der Waals surface area contributed by atoms with Gasteiger partial charge in [0.05, 0.1) is 6.04 Å². The van der Waals surface area contributed by atoms with Gasteiger partial charge in [-0.2, -0.15) is 0 Å². The Hall–Kier alpha value is -0.570. The van der Waals surface area contributed by atoms with Gasteiger partial charge in [-0.25, -0.2) is 0 Å². The van der Waals surface area contributed by atoms with Crippen molar-refractivity contribution in [1.82, 2.24) is 10.6 Å². The molecule has 0 aromatic rings. The maximum Gasteiger partial charge on any atom is 0.237 e. The largest absolute Gasteiger partial charge is 0.355 e. The van der Waals surface area contributed by atoms with Gasteiger partial charge in [0.1, 0.15) is 0 Å². The molecule has 0 aromatic heterocycles. The lowest BCUT2D eigenvalue weighted by Gasteiger charge is -2.28. The van der Waals surface area contributed by atoms with Crippen LogP contribution < -0.4 is 10.6 Å². The van der Waals surface area contributed by atoms with E-state index in [9.17, 15) is 4.79 Å². The minimum atomic E-state index is 0.0557. The minimum absolute atomic E-state index is 0.0557. The van der Waals surface area contributed by atoms with Crippen LogP contribution in [-0.4, -0.2) is 24.5 Å². The van der Waals surface area contributed by atoms with Crippen LogP contribution in [0.25, 0.3) is 0 Å². The molecule has 3 nitrogen and oxygen atoms in total. The molecular weight excluding hydrogens is 224 g/mol. The number of rotatable bonds is 4. The molecule has 104 valence electrons. The summed E-state index contributed by atoms with van der Waals surface area (Å²) in [6.45, 7) is 3.04. The highest BCUT2D eigenvalue weighted by Crippen LogP contribution is 2.25. The topological polar surface area (TPSA) is 41.1 Å². The van der Waals surface area contributed by atoms with E-state index >= 15 is 0 Å². The van der Waals surface area contributed by atoms with E-state index in [2.05, 4.69) is 17.6 Å². The van der Waals surface area contributed by atoms with E-state index < -0.39 is 0 Å². The number of carbonyl (C=O) groups excluding carboxylic acids is 1. The quantitative estimate of drug-likeness (QED) is 0.807. The third-order valence-corrected chi connectivity index (χ3v) is 4.51. The highest BCUT2D eigenvalue weighted by Gasteiger charge is 2.23. The third kappa shape index (κ3) is 4.27. The van der Waals surface area contributed by atoms with Crippen molar-refractivity contribution >= 4 is 5.91 Å². The Kier molecular flexibility index (Phi) is 5.48. The minimum Gasteiger partial charge on any atom is -0.355 e. The molecule has 1 heterocycles. The maximum atomic E-state index is 12.0. The van der Waals surface area contributed by atoms with Crippen molar-refractivity contribution < 1.29 is 4.79 Å². The van der Waals surface area contributed by atoms with E-state index in [0.29, 0.717) is 6.04 Å². The molecule has 2 aliphatic rings. The number of hydrogen-bond acceptors (Lipinski definition) is 2. The Labute approximate surface area is 111 Å². The molecule has 0 radical (unpaired) electrons. The second kappa shape index (κ2) is 7.13. The van der Waals surface area contributed by atoms with Gasteiger partial charge in [0.15, 0.2) is 0 Å². The predicted octanol–water partition coefficient (Wildman–Crippen LogP) is 2.60. The lowest BCUT2D eigenvalue weighted by Crippen LogP contribution is -2.50. The zero-order chi connectivity index (χ0) is 12.8. The average molecular weight is 252 g/mol. The fraction of sp³-hybridized carbons (Fsp3) is 0.933. The number of nitrogens with one attached hydrogen (secondary N) is 2. The second-order valence-corrected chi connectivity index (χ2v) is 6.13. The fourth-order valence-corrected chi connectivity index (χ4v) is 3.34. The van der Waals surface area contributed by atoms with Crippen LogP contribution in [0.15, 0.2) is 0 Å². The summed E-state index contributed by atoms with van der Waals surface area (Å²) in [4.78, 5) is 12.0. The summed E-state index contributed by atoms with van der Waals surface area (Å²) in [5.41, 5.74) is 0. The van der Waals surface area contributed by atoms with Crippen LogP contribution in [-0.2, 0) is 4.79 Å². The van der Waals surface area contributed by atoms with Gasteiger partial charge in [-0.3, -0.25) is 4.79 Å². The van der Waals surface area contributed by atoms with Crippen LogP contribution in [0.2, 0.25) is 0 Å². The van der Waals surface area contributed by atoms with Crippen LogP contribution in [0.4, 0.5) is 0 Å². The lowest BCUT2D eigenvalue weighted by atomic mass is 9.87. The van der Waals surface area contributed by atoms with Gasteiger partial charge in [-0.15, -0.1) is 0 Å². The molecule has 2 fully saturated rings. The van der Waals surface area contributed by atoms with Gasteiger partial charge in [-0.05, 0) is 38.5 Å². The normalized spacial score (nSPS) is 30.1. The van der Waals surface area contributed by atoms with Gasteiger partial charge in [0.25, 0.3) is 0 Å². The molecule has 1 aliphatic heterocycles. The van der Waals surface area contributed by atoms with E-state index in [0.717, 1.165) is 18.9 Å². The van der Waals surface area contributed by atoms with Gasteiger partial charge >= 0.3 is 0 Å². The smallest absolute Gasteiger partial charge is 0.237 e. The molecule has 2 unspecified atom stereocenters. The first kappa shape index (κ1) is 13.9. The molecule has 1 saturated carbocycles. The Morgan fingerprint density at radius 1 is 1.11 bits per heavy atom. The van der Waals surface area contributed by atoms with E-state index in [1.54, 1.807) is 0 Å². The summed E-state index contributed by atoms with van der Waals surface area (Å²) in [7, 11) is 0. The van der Waals surface area contributed by atoms with Gasteiger partial charge in [-0.1, -0.05) is 32.1 Å². The molecule has 0 aromatic carbocycles. The van der Waals surface area contributed by atoms with Crippen molar-refractivity contribution in [3.8, 4) is 0 Å². The summed E-state index contributed by atoms with van der Waals surface area (Å²) < 4.78 is 0. The standard InChI is InChI=1S/C15H28N2O/c1-12-6-5-9-14(17-12)15(18)16-11-10-13-7-3-2-4-8-13/h12-14,17H,2-11H2,1H3,(H,16,18). The molecular formula is C15H28N2O. The van der Waals surface area contributed by atoms with E-state index in [1.807, 2.05) is 0 Å². The maximum absolute atomic E-state index is 12.0. The molecule has 18 heavy (non-hydrogen) atoms. The third-order valence-electron chi connectivity index (χ3n) is 4.51. The van der Waals surface area contributed by atoms with Crippen molar-refractivity contribution in [3.63, 3.8) is 0 Å². The SMILES string of the molecule is CC1CCCC(C(=O)NCCC2CCCCC2)N1. The van der Waals surface area contributed by atoms with Crippen LogP contribution >= 0.6 is 0 Å². The number of amides is 1. The van der Waals surface area contributed by atoms with E-state index in [4.69, 9.17) is 0 Å². The Balaban J connectivity index is 1.61. The van der Waals surface area contributed by atoms with Crippen molar-refractivity contribution in [2.75, 3.05) is 6.54 Å². The van der Waals surface area contributed by atoms with Crippen molar-refractivity contribution in [2.45, 2.75) is 76.8 Å². The first-order valence-electron chi connectivity index (χ1n) is 7.79. The molecule has 1 aliphatic carbocycles. The van der Waals surface area contributed by atoms with Gasteiger partial charge in [0.2, 0.25) is 5.91 Å². The Bertz CT molecular complexity index is 261. The summed E-state index contributed by atoms with van der Waals surface area (Å²) >= 11 is 0. The molecule has 2 N–H and O–H groups in total. The lowest BCUT2D eigenvalue weighted by molar-refractivity contribution is -0.124. The summed E-state index contributed by atoms with van der Waals surface area (Å²) in [6.07, 6.45) is 11.5. The Morgan fingerprint density at radius 2 is 1.89 bits per heavy atom. The molecule has 1 amide bonds. The van der Waals surface area contributed by atoms with Crippen molar-refractivity contribution in [3.05, 3.63) is 0 Å². The summed E-state index contributed by atoms with van der Waals surface area (Å²) in [6, 6.07) is 0.549. The van der Waals surface area contributed by atoms with Crippen LogP contribution in [0.1, 0.15) is 64.7 Å². The first-order valence-corrected chi connectivity index (χ1v) is 7.79. The summed E-state index contributed by atoms with van der Waals surface area (Å²) in [5, 5.41) is 6.51. The predicted molar refractivity (Wildman–Crippen MR) is 74.4 cm³/mol. The zero-order valence-electron chi connectivity index (χ0n) is 11.7. The van der Waals surface area contributed by atoms with Crippen molar-refractivity contribution in [2.24, 2.45) is 5.92 Å². The molecule has 3 heteroatoms. The molecule has 2 atom stereocenters. The van der Waals surface area contributed by atoms with Gasteiger partial charge < -0.3 is 10.6 Å². The highest BCUT2D eigenvalue weighted by atomic mass is 16.2. The zero-order valence-corrected chi connectivity index (χ0v) is 11.7. The number of hydrogen-bond donors (Lipinski definition) is 2. The van der Waals surface area contributed by atoms with Crippen LogP contribution in [0.5, 0.6) is 0 Å². The summed E-state index contributed by atoms with van der Waals surface area (Å²) in [5.74, 6) is 1.08. The first-order chi connectivity index (χ1) is 8.75. The molecule has 0 bridgehead atoms. The average Bonchev–Trinajstić information content (AvgIpc) is 2.40. The van der Waals surface area contributed by atoms with Crippen molar-refractivity contribution in [1.29, 1.82) is 0 Å².